The lowest BCUT2D eigenvalue weighted by molar-refractivity contribution is 0.0747. The first-order valence-electron chi connectivity index (χ1n) is 8.61. The number of nitrogens with zero attached hydrogens (tertiary/aromatic N) is 3. The first-order valence-corrected chi connectivity index (χ1v) is 8.61. The van der Waals surface area contributed by atoms with Crippen molar-refractivity contribution in [2.75, 3.05) is 37.7 Å². The molecule has 2 aromatic rings. The summed E-state index contributed by atoms with van der Waals surface area (Å²) in [6.07, 6.45) is -1.73. The monoisotopic (exact) mass is 361 g/mol. The highest BCUT2D eigenvalue weighted by Crippen LogP contribution is 2.17. The number of para-hydroxylation sites is 1. The molecule has 0 aliphatic carbocycles. The Hall–Kier alpha value is -2.70. The largest absolute Gasteiger partial charge is 0.472 e. The van der Waals surface area contributed by atoms with Crippen molar-refractivity contribution >= 4 is 11.6 Å². The maximum absolute atomic E-state index is 12.7. The van der Waals surface area contributed by atoms with Crippen LogP contribution in [-0.2, 0) is 0 Å². The average molecular weight is 361 g/mol. The van der Waals surface area contributed by atoms with E-state index in [-0.39, 0.29) is 17.5 Å². The Bertz CT molecular complexity index is 728. The molecule has 1 aromatic carbocycles. The number of alkyl halides is 2. The van der Waals surface area contributed by atoms with Crippen LogP contribution >= 0.6 is 0 Å². The molecule has 0 saturated carbocycles. The van der Waals surface area contributed by atoms with Gasteiger partial charge in [-0.1, -0.05) is 24.3 Å². The van der Waals surface area contributed by atoms with Gasteiger partial charge in [0.1, 0.15) is 5.69 Å². The number of aromatic nitrogens is 1. The molecule has 3 rings (SSSR count). The highest BCUT2D eigenvalue weighted by atomic mass is 19.3. The fourth-order valence-electron chi connectivity index (χ4n) is 2.94. The van der Waals surface area contributed by atoms with E-state index in [1.807, 2.05) is 18.2 Å². The van der Waals surface area contributed by atoms with Crippen molar-refractivity contribution in [1.82, 2.24) is 9.88 Å². The minimum Gasteiger partial charge on any atom is -0.472 e. The number of halogens is 2. The molecule has 26 heavy (non-hydrogen) atoms. The fourth-order valence-corrected chi connectivity index (χ4v) is 2.94. The summed E-state index contributed by atoms with van der Waals surface area (Å²) in [5.74, 6) is -0.167. The van der Waals surface area contributed by atoms with Crippen LogP contribution in [0, 0.1) is 0 Å². The predicted octanol–water partition coefficient (Wildman–Crippen LogP) is 3.08. The molecule has 0 spiro atoms. The van der Waals surface area contributed by atoms with Crippen LogP contribution < -0.4 is 9.64 Å². The highest BCUT2D eigenvalue weighted by molar-refractivity contribution is 5.92. The van der Waals surface area contributed by atoms with Crippen LogP contribution in [0.4, 0.5) is 14.5 Å². The molecule has 1 fully saturated rings. The van der Waals surface area contributed by atoms with Gasteiger partial charge in [0.25, 0.3) is 12.3 Å². The van der Waals surface area contributed by atoms with Crippen LogP contribution in [0.5, 0.6) is 5.88 Å². The first kappa shape index (κ1) is 18.1. The Kier molecular flexibility index (Phi) is 5.99. The normalized spacial score (nSPS) is 15.0. The predicted molar refractivity (Wildman–Crippen MR) is 94.9 cm³/mol. The standard InChI is InChI=1S/C19H21F2N3O2/c20-17(21)14-26-18-9-4-8-16(22-18)19(25)24-11-5-10-23(12-13-24)15-6-2-1-3-7-15/h1-4,6-9,17H,5,10-14H2. The Balaban J connectivity index is 1.64. The van der Waals surface area contributed by atoms with E-state index < -0.39 is 13.0 Å². The molecule has 0 radical (unpaired) electrons. The lowest BCUT2D eigenvalue weighted by atomic mass is 10.3. The van der Waals surface area contributed by atoms with E-state index in [2.05, 4.69) is 22.0 Å². The van der Waals surface area contributed by atoms with Crippen molar-refractivity contribution in [2.45, 2.75) is 12.8 Å². The van der Waals surface area contributed by atoms with Gasteiger partial charge >= 0.3 is 0 Å². The minimum atomic E-state index is -2.58. The summed E-state index contributed by atoms with van der Waals surface area (Å²) < 4.78 is 29.4. The van der Waals surface area contributed by atoms with Gasteiger partial charge in [0, 0.05) is 37.9 Å². The lowest BCUT2D eigenvalue weighted by Crippen LogP contribution is -2.35. The topological polar surface area (TPSA) is 45.7 Å². The van der Waals surface area contributed by atoms with Crippen LogP contribution in [0.1, 0.15) is 16.9 Å². The number of anilines is 1. The van der Waals surface area contributed by atoms with E-state index in [1.54, 1.807) is 17.0 Å². The molecule has 0 atom stereocenters. The van der Waals surface area contributed by atoms with Gasteiger partial charge in [0.2, 0.25) is 5.88 Å². The Morgan fingerprint density at radius 1 is 1.04 bits per heavy atom. The van der Waals surface area contributed by atoms with Gasteiger partial charge < -0.3 is 14.5 Å². The second-order valence-corrected chi connectivity index (χ2v) is 6.03. The van der Waals surface area contributed by atoms with Crippen molar-refractivity contribution in [3.63, 3.8) is 0 Å². The number of benzene rings is 1. The lowest BCUT2D eigenvalue weighted by Gasteiger charge is -2.23. The van der Waals surface area contributed by atoms with E-state index in [0.717, 1.165) is 25.2 Å². The third kappa shape index (κ3) is 4.68. The molecule has 0 N–H and O–H groups in total. The van der Waals surface area contributed by atoms with Crippen molar-refractivity contribution in [1.29, 1.82) is 0 Å². The van der Waals surface area contributed by atoms with E-state index in [0.29, 0.717) is 13.1 Å². The number of carbonyl (C=O) groups is 1. The van der Waals surface area contributed by atoms with E-state index in [4.69, 9.17) is 4.74 Å². The van der Waals surface area contributed by atoms with E-state index in [9.17, 15) is 13.6 Å². The van der Waals surface area contributed by atoms with Gasteiger partial charge in [-0.2, -0.15) is 0 Å². The zero-order chi connectivity index (χ0) is 18.4. The molecule has 1 aliphatic heterocycles. The molecule has 1 saturated heterocycles. The number of ether oxygens (including phenoxy) is 1. The number of carbonyl (C=O) groups excluding carboxylic acids is 1. The molecule has 1 amide bonds. The third-order valence-electron chi connectivity index (χ3n) is 4.20. The minimum absolute atomic E-state index is 0.0388. The Labute approximate surface area is 151 Å². The van der Waals surface area contributed by atoms with Crippen LogP contribution in [0.3, 0.4) is 0 Å². The van der Waals surface area contributed by atoms with Crippen LogP contribution in [0.25, 0.3) is 0 Å². The van der Waals surface area contributed by atoms with E-state index in [1.165, 1.54) is 6.07 Å². The number of amides is 1. The molecule has 138 valence electrons. The summed E-state index contributed by atoms with van der Waals surface area (Å²) in [6, 6.07) is 14.7. The summed E-state index contributed by atoms with van der Waals surface area (Å²) >= 11 is 0. The molecular formula is C19H21F2N3O2. The zero-order valence-corrected chi connectivity index (χ0v) is 14.4. The van der Waals surface area contributed by atoms with Crippen molar-refractivity contribution in [3.05, 3.63) is 54.2 Å². The van der Waals surface area contributed by atoms with Gasteiger partial charge in [-0.15, -0.1) is 0 Å². The Morgan fingerprint density at radius 3 is 2.62 bits per heavy atom. The van der Waals surface area contributed by atoms with Gasteiger partial charge in [0.05, 0.1) is 0 Å². The summed E-state index contributed by atoms with van der Waals surface area (Å²) in [7, 11) is 0. The average Bonchev–Trinajstić information content (AvgIpc) is 2.93. The second-order valence-electron chi connectivity index (χ2n) is 6.03. The zero-order valence-electron chi connectivity index (χ0n) is 14.4. The number of hydrogen-bond acceptors (Lipinski definition) is 4. The second kappa shape index (κ2) is 8.60. The smallest absolute Gasteiger partial charge is 0.272 e. The third-order valence-corrected chi connectivity index (χ3v) is 4.20. The summed E-state index contributed by atoms with van der Waals surface area (Å²) in [4.78, 5) is 20.8. The Morgan fingerprint density at radius 2 is 1.85 bits per heavy atom. The summed E-state index contributed by atoms with van der Waals surface area (Å²) in [6.45, 7) is 2.08. The highest BCUT2D eigenvalue weighted by Gasteiger charge is 2.21. The fraction of sp³-hybridized carbons (Fsp3) is 0.368. The SMILES string of the molecule is O=C(c1cccc(OCC(F)F)n1)N1CCCN(c2ccccc2)CC1. The molecule has 5 nitrogen and oxygen atoms in total. The molecular weight excluding hydrogens is 340 g/mol. The molecule has 2 heterocycles. The van der Waals surface area contributed by atoms with Crippen LogP contribution in [0.2, 0.25) is 0 Å². The number of pyridine rings is 1. The number of hydrogen-bond donors (Lipinski definition) is 0. The van der Waals surface area contributed by atoms with Crippen LogP contribution in [0.15, 0.2) is 48.5 Å². The molecule has 1 aliphatic rings. The summed E-state index contributed by atoms with van der Waals surface area (Å²) in [5.41, 5.74) is 1.35. The van der Waals surface area contributed by atoms with Gasteiger partial charge in [0.15, 0.2) is 6.61 Å². The first-order chi connectivity index (χ1) is 12.6. The van der Waals surface area contributed by atoms with Gasteiger partial charge in [-0.3, -0.25) is 4.79 Å². The maximum Gasteiger partial charge on any atom is 0.272 e. The maximum atomic E-state index is 12.7. The molecule has 7 heteroatoms. The van der Waals surface area contributed by atoms with Crippen molar-refractivity contribution < 1.29 is 18.3 Å². The molecule has 0 bridgehead atoms. The molecule has 0 unspecified atom stereocenters. The summed E-state index contributed by atoms with van der Waals surface area (Å²) in [5, 5.41) is 0. The molecule has 1 aromatic heterocycles. The van der Waals surface area contributed by atoms with Gasteiger partial charge in [-0.25, -0.2) is 13.8 Å². The van der Waals surface area contributed by atoms with Gasteiger partial charge in [-0.05, 0) is 24.6 Å². The van der Waals surface area contributed by atoms with E-state index >= 15 is 0 Å². The van der Waals surface area contributed by atoms with Crippen molar-refractivity contribution in [3.8, 4) is 5.88 Å². The van der Waals surface area contributed by atoms with Crippen molar-refractivity contribution in [2.24, 2.45) is 0 Å². The number of rotatable bonds is 5. The quantitative estimate of drug-likeness (QED) is 0.821. The van der Waals surface area contributed by atoms with Crippen LogP contribution in [-0.4, -0.2) is 55.0 Å².